The lowest BCUT2D eigenvalue weighted by atomic mass is 9.84. The topological polar surface area (TPSA) is 128 Å². The van der Waals surface area contributed by atoms with Crippen LogP contribution in [0.2, 0.25) is 5.02 Å². The number of benzene rings is 2. The largest absolute Gasteiger partial charge is 0.451 e. The van der Waals surface area contributed by atoms with E-state index in [9.17, 15) is 19.6 Å². The van der Waals surface area contributed by atoms with Crippen LogP contribution in [0.5, 0.6) is 11.5 Å². The third-order valence-corrected chi connectivity index (χ3v) is 7.22. The van der Waals surface area contributed by atoms with Gasteiger partial charge in [0, 0.05) is 16.7 Å². The molecular weight excluding hydrogens is 518 g/mol. The molecule has 39 heavy (non-hydrogen) atoms. The molecule has 1 aliphatic rings. The van der Waals surface area contributed by atoms with Gasteiger partial charge in [0.2, 0.25) is 5.91 Å². The molecule has 1 aromatic heterocycles. The SMILES string of the molecule is Cc1cc(Oc2ccc(C(=O)NCC(=O)N3C(C(C)(C)C#N)CC[C@H]3c3cccc(Cl)c3)cc2C)c(=O)[nH]n1. The van der Waals surface area contributed by atoms with Crippen LogP contribution in [0.25, 0.3) is 0 Å². The number of amides is 2. The molecule has 4 rings (SSSR count). The van der Waals surface area contributed by atoms with E-state index in [1.54, 1.807) is 43.0 Å². The van der Waals surface area contributed by atoms with Crippen molar-refractivity contribution in [2.24, 2.45) is 5.41 Å². The van der Waals surface area contributed by atoms with E-state index in [1.807, 2.05) is 32.0 Å². The van der Waals surface area contributed by atoms with Crippen molar-refractivity contribution in [3.63, 3.8) is 0 Å². The first-order chi connectivity index (χ1) is 18.5. The number of halogens is 1. The maximum Gasteiger partial charge on any atom is 0.307 e. The van der Waals surface area contributed by atoms with Crippen LogP contribution in [0.3, 0.4) is 0 Å². The van der Waals surface area contributed by atoms with Crippen LogP contribution in [0.15, 0.2) is 53.3 Å². The fourth-order valence-electron chi connectivity index (χ4n) is 4.91. The van der Waals surface area contributed by atoms with Crippen LogP contribution in [0, 0.1) is 30.6 Å². The second-order valence-corrected chi connectivity index (χ2v) is 10.7. The average Bonchev–Trinajstić information content (AvgIpc) is 3.37. The Kier molecular flexibility index (Phi) is 8.07. The van der Waals surface area contributed by atoms with Crippen molar-refractivity contribution in [2.45, 2.75) is 52.6 Å². The monoisotopic (exact) mass is 547 g/mol. The summed E-state index contributed by atoms with van der Waals surface area (Å²) in [5, 5.41) is 19.3. The highest BCUT2D eigenvalue weighted by Crippen LogP contribution is 2.43. The molecule has 2 N–H and O–H groups in total. The summed E-state index contributed by atoms with van der Waals surface area (Å²) in [6.07, 6.45) is 1.36. The number of aromatic nitrogens is 2. The van der Waals surface area contributed by atoms with Crippen molar-refractivity contribution < 1.29 is 14.3 Å². The number of carbonyl (C=O) groups is 2. The fourth-order valence-corrected chi connectivity index (χ4v) is 5.11. The zero-order chi connectivity index (χ0) is 28.3. The van der Waals surface area contributed by atoms with E-state index in [4.69, 9.17) is 16.3 Å². The van der Waals surface area contributed by atoms with E-state index in [0.717, 1.165) is 5.56 Å². The van der Waals surface area contributed by atoms with Crippen LogP contribution in [0.4, 0.5) is 0 Å². The first-order valence-corrected chi connectivity index (χ1v) is 13.0. The van der Waals surface area contributed by atoms with Gasteiger partial charge in [-0.1, -0.05) is 23.7 Å². The molecule has 9 nitrogen and oxygen atoms in total. The van der Waals surface area contributed by atoms with Gasteiger partial charge >= 0.3 is 5.56 Å². The Morgan fingerprint density at radius 2 is 1.95 bits per heavy atom. The second kappa shape index (κ2) is 11.3. The van der Waals surface area contributed by atoms with Crippen molar-refractivity contribution in [2.75, 3.05) is 6.54 Å². The molecule has 1 unspecified atom stereocenters. The van der Waals surface area contributed by atoms with E-state index in [-0.39, 0.29) is 30.3 Å². The number of aryl methyl sites for hydroxylation is 2. The lowest BCUT2D eigenvalue weighted by Crippen LogP contribution is -2.48. The minimum absolute atomic E-state index is 0.100. The molecule has 0 spiro atoms. The van der Waals surface area contributed by atoms with Gasteiger partial charge in [0.25, 0.3) is 5.91 Å². The first kappa shape index (κ1) is 27.9. The average molecular weight is 548 g/mol. The number of hydrogen-bond donors (Lipinski definition) is 2. The summed E-state index contributed by atoms with van der Waals surface area (Å²) in [5.41, 5.74) is 1.24. The number of aromatic amines is 1. The summed E-state index contributed by atoms with van der Waals surface area (Å²) in [6, 6.07) is 15.5. The van der Waals surface area contributed by atoms with E-state index < -0.39 is 16.9 Å². The molecule has 2 amide bonds. The third-order valence-electron chi connectivity index (χ3n) is 6.98. The lowest BCUT2D eigenvalue weighted by molar-refractivity contribution is -0.134. The molecule has 10 heteroatoms. The quantitative estimate of drug-likeness (QED) is 0.435. The number of nitriles is 1. The lowest BCUT2D eigenvalue weighted by Gasteiger charge is -2.36. The Morgan fingerprint density at radius 1 is 1.18 bits per heavy atom. The van der Waals surface area contributed by atoms with Crippen molar-refractivity contribution in [1.29, 1.82) is 5.26 Å². The summed E-state index contributed by atoms with van der Waals surface area (Å²) in [4.78, 5) is 40.2. The third kappa shape index (κ3) is 6.13. The zero-order valence-corrected chi connectivity index (χ0v) is 23.0. The number of hydrogen-bond acceptors (Lipinski definition) is 6. The fraction of sp³-hybridized carbons (Fsp3) is 0.345. The van der Waals surface area contributed by atoms with Crippen LogP contribution in [0.1, 0.15) is 59.9 Å². The molecule has 0 bridgehead atoms. The van der Waals surface area contributed by atoms with Crippen LogP contribution < -0.4 is 15.6 Å². The van der Waals surface area contributed by atoms with Gasteiger partial charge in [-0.05, 0) is 82.0 Å². The molecule has 2 aromatic carbocycles. The van der Waals surface area contributed by atoms with Crippen LogP contribution in [-0.4, -0.2) is 39.5 Å². The van der Waals surface area contributed by atoms with Crippen molar-refractivity contribution >= 4 is 23.4 Å². The van der Waals surface area contributed by atoms with Crippen molar-refractivity contribution in [1.82, 2.24) is 20.4 Å². The van der Waals surface area contributed by atoms with Gasteiger partial charge in [0.05, 0.1) is 35.8 Å². The van der Waals surface area contributed by atoms with Gasteiger partial charge in [-0.25, -0.2) is 5.10 Å². The van der Waals surface area contributed by atoms with Gasteiger partial charge < -0.3 is 15.0 Å². The van der Waals surface area contributed by atoms with Gasteiger partial charge in [0.1, 0.15) is 5.75 Å². The summed E-state index contributed by atoms with van der Waals surface area (Å²) < 4.78 is 5.73. The molecular formula is C29H30ClN5O4. The molecule has 0 radical (unpaired) electrons. The van der Waals surface area contributed by atoms with E-state index >= 15 is 0 Å². The summed E-state index contributed by atoms with van der Waals surface area (Å²) >= 11 is 6.22. The predicted molar refractivity (Wildman–Crippen MR) is 147 cm³/mol. The van der Waals surface area contributed by atoms with E-state index in [0.29, 0.717) is 40.4 Å². The highest BCUT2D eigenvalue weighted by molar-refractivity contribution is 6.30. The van der Waals surface area contributed by atoms with Gasteiger partial charge in [-0.15, -0.1) is 0 Å². The number of carbonyl (C=O) groups excluding carboxylic acids is 2. The molecule has 1 aliphatic heterocycles. The van der Waals surface area contributed by atoms with Crippen LogP contribution in [-0.2, 0) is 4.79 Å². The molecule has 2 heterocycles. The number of likely N-dealkylation sites (tertiary alicyclic amines) is 1. The Bertz CT molecular complexity index is 1510. The highest BCUT2D eigenvalue weighted by atomic mass is 35.5. The van der Waals surface area contributed by atoms with Crippen molar-refractivity contribution in [3.05, 3.63) is 86.3 Å². The second-order valence-electron chi connectivity index (χ2n) is 10.3. The molecule has 2 atom stereocenters. The molecule has 1 saturated heterocycles. The number of ether oxygens (including phenoxy) is 1. The minimum atomic E-state index is -0.769. The molecule has 1 fully saturated rings. The summed E-state index contributed by atoms with van der Waals surface area (Å²) in [7, 11) is 0. The Morgan fingerprint density at radius 3 is 2.64 bits per heavy atom. The Hall–Kier alpha value is -4.16. The summed E-state index contributed by atoms with van der Waals surface area (Å²) in [5.74, 6) is -0.182. The Labute approximate surface area is 231 Å². The molecule has 0 saturated carbocycles. The first-order valence-electron chi connectivity index (χ1n) is 12.6. The highest BCUT2D eigenvalue weighted by Gasteiger charge is 2.45. The maximum absolute atomic E-state index is 13.5. The smallest absolute Gasteiger partial charge is 0.307 e. The van der Waals surface area contributed by atoms with Crippen LogP contribution >= 0.6 is 11.6 Å². The minimum Gasteiger partial charge on any atom is -0.451 e. The zero-order valence-electron chi connectivity index (χ0n) is 22.2. The van der Waals surface area contributed by atoms with E-state index in [2.05, 4.69) is 21.6 Å². The predicted octanol–water partition coefficient (Wildman–Crippen LogP) is 4.84. The molecule has 3 aromatic rings. The maximum atomic E-state index is 13.5. The number of H-pyrrole nitrogens is 1. The van der Waals surface area contributed by atoms with Gasteiger partial charge in [-0.2, -0.15) is 10.4 Å². The van der Waals surface area contributed by atoms with Gasteiger partial charge in [0.15, 0.2) is 5.75 Å². The standard InChI is InChI=1S/C29H30ClN5O4/c1-17-12-20(8-10-23(17)39-24-13-18(2)33-34-28(24)38)27(37)32-15-26(36)35-22(19-6-5-7-21(30)14-19)9-11-25(35)29(3,4)16-31/h5-8,10,12-14,22,25H,9,11,15H2,1-4H3,(H,32,37)(H,34,38)/t22-,25?/m0/s1. The number of rotatable bonds is 7. The molecule has 0 aliphatic carbocycles. The molecule has 202 valence electrons. The number of nitrogens with one attached hydrogen (secondary N) is 2. The van der Waals surface area contributed by atoms with Gasteiger partial charge in [-0.3, -0.25) is 14.4 Å². The van der Waals surface area contributed by atoms with E-state index in [1.165, 1.54) is 6.07 Å². The van der Waals surface area contributed by atoms with Crippen molar-refractivity contribution in [3.8, 4) is 17.6 Å². The summed E-state index contributed by atoms with van der Waals surface area (Å²) in [6.45, 7) is 6.91. The Balaban J connectivity index is 1.49. The normalized spacial score (nSPS) is 17.0. The number of nitrogens with zero attached hydrogens (tertiary/aromatic N) is 3.